The van der Waals surface area contributed by atoms with Crippen molar-refractivity contribution >= 4 is 32.6 Å². The molecule has 4 heteroatoms. The SMILES string of the molecule is c1ccc(-c2ccccc2-c2nc(-c3ccc(-c4ccccc4)c(-n4c5ccccc5c5ccccc54)c3)nc(-c3cccc4c(-c5ccccc5)cccc34)n2)cc1. The van der Waals surface area contributed by atoms with Crippen LogP contribution in [0.5, 0.6) is 0 Å². The van der Waals surface area contributed by atoms with Gasteiger partial charge in [-0.3, -0.25) is 0 Å². The predicted molar refractivity (Wildman–Crippen MR) is 244 cm³/mol. The molecule has 59 heavy (non-hydrogen) atoms. The lowest BCUT2D eigenvalue weighted by Crippen LogP contribution is -2.03. The molecule has 276 valence electrons. The Kier molecular flexibility index (Phi) is 8.45. The van der Waals surface area contributed by atoms with Gasteiger partial charge in [0.25, 0.3) is 0 Å². The number of nitrogens with zero attached hydrogens (tertiary/aromatic N) is 4. The van der Waals surface area contributed by atoms with Crippen LogP contribution in [0.2, 0.25) is 0 Å². The van der Waals surface area contributed by atoms with Gasteiger partial charge in [-0.05, 0) is 56.8 Å². The van der Waals surface area contributed by atoms with Crippen molar-refractivity contribution in [2.75, 3.05) is 0 Å². The summed E-state index contributed by atoms with van der Waals surface area (Å²) in [6.07, 6.45) is 0. The van der Waals surface area contributed by atoms with Crippen molar-refractivity contribution in [1.82, 2.24) is 19.5 Å². The molecule has 0 amide bonds. The van der Waals surface area contributed by atoms with Crippen LogP contribution in [-0.4, -0.2) is 19.5 Å². The number of hydrogen-bond acceptors (Lipinski definition) is 3. The third-order valence-electron chi connectivity index (χ3n) is 11.3. The molecule has 0 aliphatic heterocycles. The summed E-state index contributed by atoms with van der Waals surface area (Å²) < 4.78 is 2.39. The van der Waals surface area contributed by atoms with E-state index in [9.17, 15) is 0 Å². The van der Waals surface area contributed by atoms with Gasteiger partial charge in [0.05, 0.1) is 16.7 Å². The summed E-state index contributed by atoms with van der Waals surface area (Å²) in [6, 6.07) is 76.9. The zero-order valence-corrected chi connectivity index (χ0v) is 32.1. The Bertz CT molecular complexity index is 3260. The molecular weight excluding hydrogens is 717 g/mol. The van der Waals surface area contributed by atoms with Crippen LogP contribution in [0.3, 0.4) is 0 Å². The fourth-order valence-electron chi connectivity index (χ4n) is 8.57. The molecule has 0 saturated heterocycles. The van der Waals surface area contributed by atoms with Crippen molar-refractivity contribution in [2.24, 2.45) is 0 Å². The summed E-state index contributed by atoms with van der Waals surface area (Å²) in [4.78, 5) is 16.1. The summed E-state index contributed by atoms with van der Waals surface area (Å²) in [5.41, 5.74) is 12.9. The molecule has 2 aromatic heterocycles. The van der Waals surface area contributed by atoms with Crippen LogP contribution in [0.1, 0.15) is 0 Å². The second kappa shape index (κ2) is 14.5. The smallest absolute Gasteiger partial charge is 0.164 e. The van der Waals surface area contributed by atoms with E-state index in [-0.39, 0.29) is 0 Å². The van der Waals surface area contributed by atoms with E-state index in [2.05, 4.69) is 217 Å². The van der Waals surface area contributed by atoms with Gasteiger partial charge in [-0.25, -0.2) is 15.0 Å². The van der Waals surface area contributed by atoms with E-state index in [0.717, 1.165) is 66.4 Å². The molecule has 11 rings (SSSR count). The molecule has 0 N–H and O–H groups in total. The molecule has 0 fully saturated rings. The number of benzene rings is 9. The summed E-state index contributed by atoms with van der Waals surface area (Å²) >= 11 is 0. The number of para-hydroxylation sites is 2. The van der Waals surface area contributed by atoms with Crippen molar-refractivity contribution in [3.05, 3.63) is 218 Å². The first-order valence-corrected chi connectivity index (χ1v) is 20.0. The standard InChI is InChI=1S/C55H36N4/c1-4-18-37(19-5-1)41-28-16-30-45-44(41)29-17-31-49(45)55-57-53(56-54(58-55)48-27-11-10-24-42(48)38-20-6-2-7-21-38)40-34-35-43(39-22-8-3-9-23-39)52(36-40)59-50-32-14-12-25-46(50)47-26-13-15-33-51(47)59/h1-36H. The quantitative estimate of drug-likeness (QED) is 0.163. The van der Waals surface area contributed by atoms with Gasteiger partial charge < -0.3 is 4.57 Å². The Morgan fingerprint density at radius 1 is 0.254 bits per heavy atom. The average molecular weight is 753 g/mol. The van der Waals surface area contributed by atoms with Crippen LogP contribution >= 0.6 is 0 Å². The summed E-state index contributed by atoms with van der Waals surface area (Å²) in [7, 11) is 0. The Balaban J connectivity index is 1.18. The van der Waals surface area contributed by atoms with E-state index < -0.39 is 0 Å². The fourth-order valence-corrected chi connectivity index (χ4v) is 8.57. The van der Waals surface area contributed by atoms with Crippen LogP contribution in [0.25, 0.3) is 106 Å². The number of fused-ring (bicyclic) bond motifs is 4. The number of rotatable bonds is 7. The fraction of sp³-hybridized carbons (Fsp3) is 0. The van der Waals surface area contributed by atoms with E-state index in [0.29, 0.717) is 17.5 Å². The number of aromatic nitrogens is 4. The molecule has 0 spiro atoms. The summed E-state index contributed by atoms with van der Waals surface area (Å²) in [5.74, 6) is 1.84. The van der Waals surface area contributed by atoms with E-state index in [4.69, 9.17) is 15.0 Å². The van der Waals surface area contributed by atoms with E-state index in [1.807, 2.05) is 6.07 Å². The lowest BCUT2D eigenvalue weighted by molar-refractivity contribution is 1.07. The summed E-state index contributed by atoms with van der Waals surface area (Å²) in [5, 5.41) is 4.64. The van der Waals surface area contributed by atoms with Gasteiger partial charge >= 0.3 is 0 Å². The zero-order valence-electron chi connectivity index (χ0n) is 32.1. The highest BCUT2D eigenvalue weighted by molar-refractivity contribution is 6.10. The van der Waals surface area contributed by atoms with Crippen molar-refractivity contribution < 1.29 is 0 Å². The Labute approximate surface area is 342 Å². The Morgan fingerprint density at radius 2 is 0.678 bits per heavy atom. The van der Waals surface area contributed by atoms with Crippen LogP contribution in [-0.2, 0) is 0 Å². The second-order valence-electron chi connectivity index (χ2n) is 14.8. The molecule has 0 unspecified atom stereocenters. The zero-order chi connectivity index (χ0) is 39.1. The molecule has 0 atom stereocenters. The Morgan fingerprint density at radius 3 is 1.31 bits per heavy atom. The van der Waals surface area contributed by atoms with E-state index in [1.165, 1.54) is 21.9 Å². The molecular formula is C55H36N4. The third-order valence-corrected chi connectivity index (χ3v) is 11.3. The minimum atomic E-state index is 0.603. The lowest BCUT2D eigenvalue weighted by atomic mass is 9.95. The maximum Gasteiger partial charge on any atom is 0.164 e. The van der Waals surface area contributed by atoms with Gasteiger partial charge in [0.2, 0.25) is 0 Å². The minimum absolute atomic E-state index is 0.603. The van der Waals surface area contributed by atoms with Gasteiger partial charge in [0.15, 0.2) is 17.5 Å². The van der Waals surface area contributed by atoms with Crippen LogP contribution in [0.15, 0.2) is 218 Å². The van der Waals surface area contributed by atoms with Crippen LogP contribution in [0, 0.1) is 0 Å². The van der Waals surface area contributed by atoms with Gasteiger partial charge in [-0.15, -0.1) is 0 Å². The Hall–Kier alpha value is -7.95. The molecule has 0 aliphatic carbocycles. The van der Waals surface area contributed by atoms with Crippen LogP contribution in [0.4, 0.5) is 0 Å². The first-order valence-electron chi connectivity index (χ1n) is 20.0. The molecule has 9 aromatic carbocycles. The van der Waals surface area contributed by atoms with Gasteiger partial charge in [0, 0.05) is 33.0 Å². The van der Waals surface area contributed by atoms with Gasteiger partial charge in [-0.2, -0.15) is 0 Å². The molecule has 11 aromatic rings. The van der Waals surface area contributed by atoms with Crippen molar-refractivity contribution in [3.8, 4) is 73.2 Å². The second-order valence-corrected chi connectivity index (χ2v) is 14.8. The first-order chi connectivity index (χ1) is 29.3. The third kappa shape index (κ3) is 6.06. The minimum Gasteiger partial charge on any atom is -0.309 e. The molecule has 0 bridgehead atoms. The average Bonchev–Trinajstić information content (AvgIpc) is 3.66. The van der Waals surface area contributed by atoms with E-state index in [1.54, 1.807) is 0 Å². The molecule has 0 saturated carbocycles. The van der Waals surface area contributed by atoms with Gasteiger partial charge in [-0.1, -0.05) is 200 Å². The highest BCUT2D eigenvalue weighted by Crippen LogP contribution is 2.40. The van der Waals surface area contributed by atoms with Crippen molar-refractivity contribution in [3.63, 3.8) is 0 Å². The molecule has 4 nitrogen and oxygen atoms in total. The topological polar surface area (TPSA) is 43.6 Å². The monoisotopic (exact) mass is 752 g/mol. The normalized spacial score (nSPS) is 11.4. The molecule has 2 heterocycles. The maximum absolute atomic E-state index is 5.37. The predicted octanol–water partition coefficient (Wildman–Crippen LogP) is 14.1. The van der Waals surface area contributed by atoms with E-state index >= 15 is 0 Å². The van der Waals surface area contributed by atoms with Crippen LogP contribution < -0.4 is 0 Å². The molecule has 0 aliphatic rings. The largest absolute Gasteiger partial charge is 0.309 e. The number of hydrogen-bond donors (Lipinski definition) is 0. The highest BCUT2D eigenvalue weighted by atomic mass is 15.0. The summed E-state index contributed by atoms with van der Waals surface area (Å²) in [6.45, 7) is 0. The van der Waals surface area contributed by atoms with Gasteiger partial charge in [0.1, 0.15) is 0 Å². The van der Waals surface area contributed by atoms with Crippen molar-refractivity contribution in [1.29, 1.82) is 0 Å². The lowest BCUT2D eigenvalue weighted by Gasteiger charge is -2.17. The van der Waals surface area contributed by atoms with Crippen molar-refractivity contribution in [2.45, 2.75) is 0 Å². The highest BCUT2D eigenvalue weighted by Gasteiger charge is 2.21. The first kappa shape index (κ1) is 34.3. The maximum atomic E-state index is 5.37. The molecule has 0 radical (unpaired) electrons.